The Morgan fingerprint density at radius 2 is 1.87 bits per heavy atom. The summed E-state index contributed by atoms with van der Waals surface area (Å²) in [6.07, 6.45) is 2.40. The number of allylic oxidation sites excluding steroid dienone is 1. The van der Waals surface area contributed by atoms with Gasteiger partial charge in [-0.2, -0.15) is 5.26 Å². The van der Waals surface area contributed by atoms with Gasteiger partial charge >= 0.3 is 11.9 Å². The number of carbonyl (C=O) groups excluding carboxylic acids is 1. The van der Waals surface area contributed by atoms with Gasteiger partial charge in [-0.3, -0.25) is 4.79 Å². The van der Waals surface area contributed by atoms with Gasteiger partial charge in [-0.1, -0.05) is 50.3 Å². The van der Waals surface area contributed by atoms with Crippen LogP contribution in [0.1, 0.15) is 25.3 Å². The number of para-hydroxylation sites is 1. The molecule has 2 aromatic rings. The number of carboxylic acid groups (broad SMARTS) is 1. The lowest BCUT2D eigenvalue weighted by Crippen LogP contribution is -2.28. The van der Waals surface area contributed by atoms with Crippen LogP contribution in [0.4, 0.5) is 4.39 Å². The van der Waals surface area contributed by atoms with Crippen LogP contribution in [0.25, 0.3) is 0 Å². The van der Waals surface area contributed by atoms with Gasteiger partial charge < -0.3 is 14.6 Å². The topological polar surface area (TPSA) is 96.6 Å². The first kappa shape index (κ1) is 22.0. The first-order valence-corrected chi connectivity index (χ1v) is 9.65. The third kappa shape index (κ3) is 3.89. The number of aliphatic carboxylic acids is 1. The lowest BCUT2D eigenvalue weighted by atomic mass is 9.78. The van der Waals surface area contributed by atoms with Crippen molar-refractivity contribution in [2.75, 3.05) is 6.86 Å². The maximum atomic E-state index is 12.4. The summed E-state index contributed by atoms with van der Waals surface area (Å²) in [5.74, 6) is -2.61. The molecule has 1 aliphatic carbocycles. The second kappa shape index (κ2) is 8.60. The van der Waals surface area contributed by atoms with E-state index >= 15 is 0 Å². The third-order valence-corrected chi connectivity index (χ3v) is 5.98. The molecule has 2 aromatic carbocycles. The number of nitrogens with zero attached hydrogens (tertiary/aromatic N) is 1. The molecule has 1 saturated carbocycles. The fourth-order valence-electron chi connectivity index (χ4n) is 4.41. The van der Waals surface area contributed by atoms with Crippen LogP contribution in [-0.2, 0) is 14.3 Å². The van der Waals surface area contributed by atoms with E-state index in [1.54, 1.807) is 50.2 Å². The van der Waals surface area contributed by atoms with E-state index in [9.17, 15) is 24.3 Å². The van der Waals surface area contributed by atoms with Crippen molar-refractivity contribution in [3.05, 3.63) is 72.3 Å². The average Bonchev–Trinajstić information content (AvgIpc) is 3.24. The van der Waals surface area contributed by atoms with Crippen molar-refractivity contribution in [2.24, 2.45) is 16.7 Å². The Hall–Kier alpha value is -3.66. The second-order valence-corrected chi connectivity index (χ2v) is 7.85. The van der Waals surface area contributed by atoms with Crippen LogP contribution in [0.2, 0.25) is 0 Å². The molecular weight excluding hydrogens is 401 g/mol. The summed E-state index contributed by atoms with van der Waals surface area (Å²) >= 11 is 0. The van der Waals surface area contributed by atoms with E-state index in [-0.39, 0.29) is 0 Å². The summed E-state index contributed by atoms with van der Waals surface area (Å²) in [4.78, 5) is 24.0. The first-order valence-electron chi connectivity index (χ1n) is 9.65. The van der Waals surface area contributed by atoms with Crippen LogP contribution in [0, 0.1) is 28.1 Å². The predicted octanol–water partition coefficient (Wildman–Crippen LogP) is 4.84. The average molecular weight is 423 g/mol. The van der Waals surface area contributed by atoms with Crippen LogP contribution in [0.3, 0.4) is 0 Å². The minimum atomic E-state index is -1.47. The molecule has 7 heteroatoms. The lowest BCUT2D eigenvalue weighted by molar-refractivity contribution is -0.146. The first-order chi connectivity index (χ1) is 14.8. The molecule has 0 spiro atoms. The molecule has 1 aliphatic rings. The highest BCUT2D eigenvalue weighted by atomic mass is 19.1. The number of carbonyl (C=O) groups is 2. The number of benzene rings is 2. The van der Waals surface area contributed by atoms with E-state index in [0.717, 1.165) is 6.08 Å². The van der Waals surface area contributed by atoms with E-state index < -0.39 is 41.5 Å². The van der Waals surface area contributed by atoms with Crippen LogP contribution in [0.15, 0.2) is 66.7 Å². The zero-order valence-corrected chi connectivity index (χ0v) is 17.1. The Kier molecular flexibility index (Phi) is 6.11. The minimum absolute atomic E-state index is 0.474. The van der Waals surface area contributed by atoms with Crippen molar-refractivity contribution in [1.82, 2.24) is 0 Å². The number of hydrogen-bond acceptors (Lipinski definition) is 5. The van der Waals surface area contributed by atoms with Crippen LogP contribution in [-0.4, -0.2) is 23.9 Å². The molecule has 1 unspecified atom stereocenters. The van der Waals surface area contributed by atoms with Crippen molar-refractivity contribution in [1.29, 1.82) is 5.26 Å². The molecule has 31 heavy (non-hydrogen) atoms. The molecule has 1 fully saturated rings. The summed E-state index contributed by atoms with van der Waals surface area (Å²) in [5.41, 5.74) is -1.81. The highest BCUT2D eigenvalue weighted by Gasteiger charge is 2.78. The van der Waals surface area contributed by atoms with E-state index in [1.807, 2.05) is 18.2 Å². The highest BCUT2D eigenvalue weighted by molar-refractivity contribution is 5.86. The molecule has 160 valence electrons. The van der Waals surface area contributed by atoms with Gasteiger partial charge in [0.15, 0.2) is 0 Å². The molecule has 1 N–H and O–H groups in total. The summed E-state index contributed by atoms with van der Waals surface area (Å²) < 4.78 is 22.3. The Morgan fingerprint density at radius 3 is 2.48 bits per heavy atom. The second-order valence-electron chi connectivity index (χ2n) is 7.85. The Balaban J connectivity index is 1.96. The number of halogens is 1. The molecular formula is C24H22FNO5. The number of esters is 1. The quantitative estimate of drug-likeness (QED) is 0.482. The molecule has 6 nitrogen and oxygen atoms in total. The number of carboxylic acids is 1. The van der Waals surface area contributed by atoms with E-state index in [4.69, 9.17) is 4.74 Å². The van der Waals surface area contributed by atoms with Crippen molar-refractivity contribution in [2.45, 2.75) is 19.8 Å². The van der Waals surface area contributed by atoms with Crippen molar-refractivity contribution < 1.29 is 28.6 Å². The van der Waals surface area contributed by atoms with Crippen LogP contribution >= 0.6 is 0 Å². The fourth-order valence-corrected chi connectivity index (χ4v) is 4.41. The summed E-state index contributed by atoms with van der Waals surface area (Å²) in [6.45, 7) is 2.19. The smallest absolute Gasteiger partial charge is 0.332 e. The number of alkyl halides is 1. The molecule has 0 aromatic heterocycles. The molecule has 0 saturated heterocycles. The van der Waals surface area contributed by atoms with Crippen LogP contribution < -0.4 is 4.74 Å². The maximum Gasteiger partial charge on any atom is 0.332 e. The Labute approximate surface area is 179 Å². The molecule has 0 heterocycles. The summed E-state index contributed by atoms with van der Waals surface area (Å²) in [5, 5.41) is 20.1. The number of hydrogen-bond donors (Lipinski definition) is 1. The SMILES string of the molecule is CC1(C)[C@H](C=CC(=O)OCF)[C@@]1(C(=O)O)C(C#N)c1cccc(Oc2ccccc2)c1. The molecule has 0 radical (unpaired) electrons. The Bertz CT molecular complexity index is 1040. The van der Waals surface area contributed by atoms with Gasteiger partial charge in [0, 0.05) is 12.0 Å². The fraction of sp³-hybridized carbons (Fsp3) is 0.292. The summed E-state index contributed by atoms with van der Waals surface area (Å²) in [6, 6.07) is 18.0. The van der Waals surface area contributed by atoms with Crippen molar-refractivity contribution in [3.8, 4) is 17.6 Å². The van der Waals surface area contributed by atoms with Gasteiger partial charge in [0.25, 0.3) is 0 Å². The monoisotopic (exact) mass is 423 g/mol. The molecule has 0 aliphatic heterocycles. The van der Waals surface area contributed by atoms with Gasteiger partial charge in [-0.15, -0.1) is 0 Å². The maximum absolute atomic E-state index is 12.4. The predicted molar refractivity (Wildman–Crippen MR) is 110 cm³/mol. The summed E-state index contributed by atoms with van der Waals surface area (Å²) in [7, 11) is 0. The van der Waals surface area contributed by atoms with E-state index in [1.165, 1.54) is 6.08 Å². The van der Waals surface area contributed by atoms with E-state index in [0.29, 0.717) is 17.1 Å². The largest absolute Gasteiger partial charge is 0.481 e. The number of rotatable bonds is 8. The molecule has 0 bridgehead atoms. The number of nitriles is 1. The number of ether oxygens (including phenoxy) is 2. The third-order valence-electron chi connectivity index (χ3n) is 5.98. The normalized spacial score (nSPS) is 22.3. The zero-order valence-electron chi connectivity index (χ0n) is 17.1. The van der Waals surface area contributed by atoms with Gasteiger partial charge in [0.1, 0.15) is 16.9 Å². The van der Waals surface area contributed by atoms with Gasteiger partial charge in [0.2, 0.25) is 6.86 Å². The Morgan fingerprint density at radius 1 is 1.19 bits per heavy atom. The molecule has 3 rings (SSSR count). The van der Waals surface area contributed by atoms with E-state index in [2.05, 4.69) is 10.8 Å². The van der Waals surface area contributed by atoms with Gasteiger partial charge in [-0.25, -0.2) is 9.18 Å². The van der Waals surface area contributed by atoms with Crippen molar-refractivity contribution >= 4 is 11.9 Å². The van der Waals surface area contributed by atoms with Crippen molar-refractivity contribution in [3.63, 3.8) is 0 Å². The van der Waals surface area contributed by atoms with Gasteiger partial charge in [-0.05, 0) is 35.2 Å². The molecule has 3 atom stereocenters. The lowest BCUT2D eigenvalue weighted by Gasteiger charge is -2.22. The standard InChI is InChI=1S/C24H22FNO5/c1-23(2)20(11-12-21(27)30-15-25)24(23,22(28)29)19(14-26)16-7-6-10-18(13-16)31-17-8-4-3-5-9-17/h3-13,19-20H,15H2,1-2H3,(H,28,29)/t19?,20-,24+/m0/s1. The molecule has 0 amide bonds. The minimum Gasteiger partial charge on any atom is -0.481 e. The zero-order chi connectivity index (χ0) is 22.6. The highest BCUT2D eigenvalue weighted by Crippen LogP contribution is 2.75. The van der Waals surface area contributed by atoms with Gasteiger partial charge in [0.05, 0.1) is 12.0 Å². The van der Waals surface area contributed by atoms with Crippen LogP contribution in [0.5, 0.6) is 11.5 Å².